The number of fused-ring (bicyclic) bond motifs is 6. The maximum atomic E-state index is 12.9. The van der Waals surface area contributed by atoms with Gasteiger partial charge in [-0.1, -0.05) is 23.5 Å². The number of ether oxygens (including phenoxy) is 2. The van der Waals surface area contributed by atoms with Crippen LogP contribution in [-0.2, 0) is 16.1 Å². The predicted octanol–water partition coefficient (Wildman–Crippen LogP) is 4.13. The molecule has 0 N–H and O–H groups in total. The number of aromatic nitrogens is 1. The molecule has 3 aliphatic rings. The maximum Gasteiger partial charge on any atom is 0.326 e. The third kappa shape index (κ3) is 3.13. The van der Waals surface area contributed by atoms with Crippen LogP contribution in [0.3, 0.4) is 0 Å². The highest BCUT2D eigenvalue weighted by Gasteiger charge is 2.55. The molecule has 0 spiro atoms. The van der Waals surface area contributed by atoms with E-state index in [0.29, 0.717) is 17.8 Å². The van der Waals surface area contributed by atoms with Crippen molar-refractivity contribution in [3.63, 3.8) is 0 Å². The van der Waals surface area contributed by atoms with E-state index in [0.717, 1.165) is 27.5 Å². The molecule has 5 rings (SSSR count). The van der Waals surface area contributed by atoms with Crippen molar-refractivity contribution in [2.24, 2.45) is 17.8 Å². The summed E-state index contributed by atoms with van der Waals surface area (Å²) in [5, 5.41) is 1.51. The van der Waals surface area contributed by atoms with Gasteiger partial charge in [-0.25, -0.2) is 0 Å². The van der Waals surface area contributed by atoms with Gasteiger partial charge < -0.3 is 9.47 Å². The summed E-state index contributed by atoms with van der Waals surface area (Å²) in [4.78, 5) is 26.1. The minimum atomic E-state index is -0.341. The lowest BCUT2D eigenvalue weighted by Gasteiger charge is -2.40. The van der Waals surface area contributed by atoms with Crippen LogP contribution in [0.15, 0.2) is 34.1 Å². The van der Waals surface area contributed by atoms with Crippen LogP contribution >= 0.6 is 23.1 Å². The number of rotatable bonds is 5. The molecule has 5 atom stereocenters. The van der Waals surface area contributed by atoms with Gasteiger partial charge in [0, 0.05) is 16.0 Å². The predicted molar refractivity (Wildman–Crippen MR) is 114 cm³/mol. The average molecular weight is 432 g/mol. The largest absolute Gasteiger partial charge is 0.497 e. The number of carbonyl (C=O) groups is 1. The molecule has 0 radical (unpaired) electrons. The number of hydrogen-bond acceptors (Lipinski definition) is 6. The molecular weight excluding hydrogens is 406 g/mol. The van der Waals surface area contributed by atoms with Crippen LogP contribution in [0.2, 0.25) is 0 Å². The van der Waals surface area contributed by atoms with E-state index in [2.05, 4.69) is 12.1 Å². The highest BCUT2D eigenvalue weighted by Crippen LogP contribution is 2.64. The number of thioether (sulfide) groups is 1. The zero-order valence-electron chi connectivity index (χ0n) is 16.6. The van der Waals surface area contributed by atoms with E-state index < -0.39 is 0 Å². The molecule has 2 fully saturated rings. The molecule has 1 aromatic carbocycles. The summed E-state index contributed by atoms with van der Waals surface area (Å²) in [5.74, 6) is 2.74. The van der Waals surface area contributed by atoms with Crippen molar-refractivity contribution in [3.05, 3.63) is 44.4 Å². The molecule has 4 unspecified atom stereocenters. The molecule has 29 heavy (non-hydrogen) atoms. The van der Waals surface area contributed by atoms with E-state index >= 15 is 0 Å². The minimum Gasteiger partial charge on any atom is -0.497 e. The molecule has 154 valence electrons. The third-order valence-electron chi connectivity index (χ3n) is 6.76. The summed E-state index contributed by atoms with van der Waals surface area (Å²) in [6.07, 6.45) is 3.88. The van der Waals surface area contributed by atoms with Crippen molar-refractivity contribution in [2.45, 2.75) is 48.9 Å². The van der Waals surface area contributed by atoms with Crippen LogP contribution in [-0.4, -0.2) is 29.5 Å². The Kier molecular flexibility index (Phi) is 4.98. The second-order valence-electron chi connectivity index (χ2n) is 8.17. The molecule has 2 heterocycles. The van der Waals surface area contributed by atoms with Crippen molar-refractivity contribution in [1.82, 2.24) is 4.57 Å². The minimum absolute atomic E-state index is 0.00627. The van der Waals surface area contributed by atoms with Gasteiger partial charge in [0.05, 0.1) is 18.7 Å². The number of nitrogens with zero attached hydrogens (tertiary/aromatic N) is 1. The summed E-state index contributed by atoms with van der Waals surface area (Å²) in [6, 6.07) is 8.31. The van der Waals surface area contributed by atoms with Crippen molar-refractivity contribution < 1.29 is 14.3 Å². The Morgan fingerprint density at radius 2 is 1.97 bits per heavy atom. The molecule has 1 aromatic heterocycles. The van der Waals surface area contributed by atoms with Crippen LogP contribution in [0.25, 0.3) is 0 Å². The number of esters is 1. The van der Waals surface area contributed by atoms with Crippen molar-refractivity contribution in [3.8, 4) is 5.75 Å². The quantitative estimate of drug-likeness (QED) is 0.666. The lowest BCUT2D eigenvalue weighted by atomic mass is 9.75. The molecule has 2 saturated carbocycles. The van der Waals surface area contributed by atoms with E-state index in [-0.39, 0.29) is 23.3 Å². The summed E-state index contributed by atoms with van der Waals surface area (Å²) in [5.41, 5.74) is 1.25. The topological polar surface area (TPSA) is 57.5 Å². The van der Waals surface area contributed by atoms with Gasteiger partial charge in [-0.2, -0.15) is 0 Å². The van der Waals surface area contributed by atoms with Crippen LogP contribution in [0, 0.1) is 17.8 Å². The summed E-state index contributed by atoms with van der Waals surface area (Å²) in [7, 11) is 1.68. The second kappa shape index (κ2) is 7.51. The van der Waals surface area contributed by atoms with E-state index in [4.69, 9.17) is 9.47 Å². The van der Waals surface area contributed by atoms with Gasteiger partial charge in [0.1, 0.15) is 12.3 Å². The first kappa shape index (κ1) is 19.2. The maximum absolute atomic E-state index is 12.9. The molecule has 5 nitrogen and oxygen atoms in total. The number of carbonyl (C=O) groups excluding carboxylic acids is 1. The fraction of sp³-hybridized carbons (Fsp3) is 0.545. The van der Waals surface area contributed by atoms with Crippen molar-refractivity contribution in [2.75, 3.05) is 13.7 Å². The fourth-order valence-corrected chi connectivity index (χ4v) is 8.76. The molecule has 0 saturated heterocycles. The zero-order chi connectivity index (χ0) is 20.1. The number of benzene rings is 1. The standard InChI is InChI=1S/C22H25NO4S2/c1-3-27-16(24)11-23-21-20(29-22(23)25)17(12-6-8-15(26-2)9-7-12)18-13-4-5-14(10-13)19(18)28-21/h6-9,13-14,17-19H,3-5,10-11H2,1-2H3/t13?,14?,17-,18?,19?/m1/s1. The Bertz CT molecular complexity index is 980. The number of methoxy groups -OCH3 is 1. The van der Waals surface area contributed by atoms with Crippen molar-refractivity contribution >= 4 is 29.1 Å². The number of hydrogen-bond donors (Lipinski definition) is 0. The molecular formula is C22H25NO4S2. The van der Waals surface area contributed by atoms with Gasteiger partial charge in [-0.15, -0.1) is 11.8 Å². The normalized spacial score (nSPS) is 29.4. The van der Waals surface area contributed by atoms with Gasteiger partial charge in [0.25, 0.3) is 0 Å². The van der Waals surface area contributed by atoms with Gasteiger partial charge in [0.2, 0.25) is 0 Å². The first-order chi connectivity index (χ1) is 14.1. The smallest absolute Gasteiger partial charge is 0.326 e. The lowest BCUT2D eigenvalue weighted by Crippen LogP contribution is -2.34. The Labute approximate surface area is 178 Å². The Balaban J connectivity index is 1.60. The monoisotopic (exact) mass is 431 g/mol. The summed E-state index contributed by atoms with van der Waals surface area (Å²) < 4.78 is 12.1. The highest BCUT2D eigenvalue weighted by molar-refractivity contribution is 8.00. The molecule has 2 aliphatic carbocycles. The molecule has 2 bridgehead atoms. The van der Waals surface area contributed by atoms with E-state index in [1.807, 2.05) is 23.9 Å². The van der Waals surface area contributed by atoms with Gasteiger partial charge in [-0.3, -0.25) is 14.2 Å². The summed E-state index contributed by atoms with van der Waals surface area (Å²) >= 11 is 3.16. The lowest BCUT2D eigenvalue weighted by molar-refractivity contribution is -0.144. The van der Waals surface area contributed by atoms with Crippen LogP contribution in [0.5, 0.6) is 5.75 Å². The third-order valence-corrected chi connectivity index (χ3v) is 9.58. The Morgan fingerprint density at radius 3 is 2.69 bits per heavy atom. The zero-order valence-corrected chi connectivity index (χ0v) is 18.3. The fourth-order valence-electron chi connectivity index (χ4n) is 5.61. The van der Waals surface area contributed by atoms with Crippen molar-refractivity contribution in [1.29, 1.82) is 0 Å². The molecule has 1 aliphatic heterocycles. The average Bonchev–Trinajstić information content (AvgIpc) is 3.41. The van der Waals surface area contributed by atoms with Crippen LogP contribution in [0.4, 0.5) is 0 Å². The summed E-state index contributed by atoms with van der Waals surface area (Å²) in [6.45, 7) is 2.13. The van der Waals surface area contributed by atoms with Crippen LogP contribution < -0.4 is 9.61 Å². The van der Waals surface area contributed by atoms with Gasteiger partial charge >= 0.3 is 10.8 Å². The molecule has 0 amide bonds. The van der Waals surface area contributed by atoms with Crippen LogP contribution in [0.1, 0.15) is 42.5 Å². The van der Waals surface area contributed by atoms with E-state index in [1.165, 1.54) is 36.2 Å². The van der Waals surface area contributed by atoms with E-state index in [1.54, 1.807) is 18.6 Å². The first-order valence-electron chi connectivity index (χ1n) is 10.3. The highest BCUT2D eigenvalue weighted by atomic mass is 32.2. The SMILES string of the molecule is CCOC(=O)Cn1c2c(sc1=O)[C@H](c1ccc(OC)cc1)C1C3CCC(C3)C1S2. The first-order valence-corrected chi connectivity index (χ1v) is 12.0. The van der Waals surface area contributed by atoms with E-state index in [9.17, 15) is 9.59 Å². The second-order valence-corrected chi connectivity index (χ2v) is 10.3. The Morgan fingerprint density at radius 1 is 1.21 bits per heavy atom. The van der Waals surface area contributed by atoms with Gasteiger partial charge in [0.15, 0.2) is 0 Å². The molecule has 2 aromatic rings. The number of thiazole rings is 1. The van der Waals surface area contributed by atoms with Gasteiger partial charge in [-0.05, 0) is 61.6 Å². The Hall–Kier alpha value is -1.73. The molecule has 7 heteroatoms.